The van der Waals surface area contributed by atoms with E-state index in [9.17, 15) is 0 Å². The molecule has 0 aliphatic rings. The van der Waals surface area contributed by atoms with Gasteiger partial charge in [0.1, 0.15) is 5.75 Å². The normalized spacial score (nSPS) is 11.3. The Hall–Kier alpha value is -1.76. The van der Waals surface area contributed by atoms with Gasteiger partial charge in [-0.1, -0.05) is 56.3 Å². The van der Waals surface area contributed by atoms with E-state index in [-0.39, 0.29) is 5.41 Å². The zero-order valence-corrected chi connectivity index (χ0v) is 12.0. The second-order valence-corrected chi connectivity index (χ2v) is 5.85. The minimum Gasteiger partial charge on any atom is -0.497 e. The third kappa shape index (κ3) is 4.13. The van der Waals surface area contributed by atoms with E-state index < -0.39 is 0 Å². The molecule has 2 aromatic carbocycles. The van der Waals surface area contributed by atoms with Crippen molar-refractivity contribution in [2.24, 2.45) is 5.41 Å². The van der Waals surface area contributed by atoms with E-state index >= 15 is 0 Å². The van der Waals surface area contributed by atoms with Crippen molar-refractivity contribution in [1.82, 2.24) is 0 Å². The lowest BCUT2D eigenvalue weighted by Crippen LogP contribution is -2.18. The molecule has 0 radical (unpaired) electrons. The van der Waals surface area contributed by atoms with Gasteiger partial charge in [-0.25, -0.2) is 0 Å². The summed E-state index contributed by atoms with van der Waals surface area (Å²) in [7, 11) is 1.70. The van der Waals surface area contributed by atoms with E-state index in [4.69, 9.17) is 4.74 Å². The first kappa shape index (κ1) is 13.7. The standard InChI is InChI=1S/C18H22O/c1-18(2,13-15-7-5-4-6-8-15)14-16-9-11-17(19-3)12-10-16/h4-12H,13-14H2,1-3H3. The van der Waals surface area contributed by atoms with Crippen LogP contribution in [0.3, 0.4) is 0 Å². The Bertz CT molecular complexity index is 497. The molecule has 2 aromatic rings. The number of hydrogen-bond acceptors (Lipinski definition) is 1. The van der Waals surface area contributed by atoms with Crippen molar-refractivity contribution in [2.45, 2.75) is 26.7 Å². The topological polar surface area (TPSA) is 9.23 Å². The summed E-state index contributed by atoms with van der Waals surface area (Å²) in [6.45, 7) is 4.65. The Balaban J connectivity index is 2.03. The summed E-state index contributed by atoms with van der Waals surface area (Å²) in [6.07, 6.45) is 2.17. The van der Waals surface area contributed by atoms with E-state index in [2.05, 4.69) is 56.3 Å². The van der Waals surface area contributed by atoms with E-state index in [0.717, 1.165) is 18.6 Å². The van der Waals surface area contributed by atoms with Crippen molar-refractivity contribution in [3.8, 4) is 5.75 Å². The quantitative estimate of drug-likeness (QED) is 0.763. The zero-order valence-electron chi connectivity index (χ0n) is 12.0. The molecule has 0 saturated heterocycles. The Kier molecular flexibility index (Phi) is 4.26. The van der Waals surface area contributed by atoms with Gasteiger partial charge in [-0.05, 0) is 41.5 Å². The van der Waals surface area contributed by atoms with Crippen molar-refractivity contribution in [1.29, 1.82) is 0 Å². The van der Waals surface area contributed by atoms with Crippen molar-refractivity contribution < 1.29 is 4.74 Å². The first-order chi connectivity index (χ1) is 9.09. The predicted octanol–water partition coefficient (Wildman–Crippen LogP) is 4.51. The number of hydrogen-bond donors (Lipinski definition) is 0. The minimum atomic E-state index is 0.260. The summed E-state index contributed by atoms with van der Waals surface area (Å²) >= 11 is 0. The van der Waals surface area contributed by atoms with Gasteiger partial charge < -0.3 is 4.74 Å². The minimum absolute atomic E-state index is 0.260. The lowest BCUT2D eigenvalue weighted by Gasteiger charge is -2.25. The number of ether oxygens (including phenoxy) is 1. The van der Waals surface area contributed by atoms with Crippen LogP contribution in [0.1, 0.15) is 25.0 Å². The average Bonchev–Trinajstić information content (AvgIpc) is 2.39. The molecule has 0 atom stereocenters. The highest BCUT2D eigenvalue weighted by Gasteiger charge is 2.19. The lowest BCUT2D eigenvalue weighted by molar-refractivity contribution is 0.360. The summed E-state index contributed by atoms with van der Waals surface area (Å²) in [5.41, 5.74) is 3.03. The highest BCUT2D eigenvalue weighted by Crippen LogP contribution is 2.27. The summed E-state index contributed by atoms with van der Waals surface area (Å²) in [6, 6.07) is 19.1. The highest BCUT2D eigenvalue weighted by atomic mass is 16.5. The van der Waals surface area contributed by atoms with Gasteiger partial charge in [0.25, 0.3) is 0 Å². The second-order valence-electron chi connectivity index (χ2n) is 5.85. The van der Waals surface area contributed by atoms with Gasteiger partial charge in [-0.3, -0.25) is 0 Å². The van der Waals surface area contributed by atoms with Gasteiger partial charge in [0, 0.05) is 0 Å². The Labute approximate surface area is 116 Å². The van der Waals surface area contributed by atoms with Gasteiger partial charge in [-0.15, -0.1) is 0 Å². The SMILES string of the molecule is COc1ccc(CC(C)(C)Cc2ccccc2)cc1. The third-order valence-corrected chi connectivity index (χ3v) is 3.37. The van der Waals surface area contributed by atoms with Crippen molar-refractivity contribution in [2.75, 3.05) is 7.11 Å². The number of benzene rings is 2. The fourth-order valence-electron chi connectivity index (χ4n) is 2.51. The van der Waals surface area contributed by atoms with Gasteiger partial charge in [0.05, 0.1) is 7.11 Å². The molecule has 1 nitrogen and oxygen atoms in total. The molecule has 0 spiro atoms. The van der Waals surface area contributed by atoms with Gasteiger partial charge >= 0.3 is 0 Å². The molecule has 2 rings (SSSR count). The molecule has 0 heterocycles. The lowest BCUT2D eigenvalue weighted by atomic mass is 9.80. The van der Waals surface area contributed by atoms with Crippen molar-refractivity contribution in [3.63, 3.8) is 0 Å². The molecular formula is C18H22O. The van der Waals surface area contributed by atoms with Gasteiger partial charge in [0.2, 0.25) is 0 Å². The van der Waals surface area contributed by atoms with Crippen LogP contribution in [0, 0.1) is 5.41 Å². The number of rotatable bonds is 5. The van der Waals surface area contributed by atoms with Crippen LogP contribution in [0.15, 0.2) is 54.6 Å². The largest absolute Gasteiger partial charge is 0.497 e. The van der Waals surface area contributed by atoms with E-state index in [1.54, 1.807) is 7.11 Å². The van der Waals surface area contributed by atoms with E-state index in [0.29, 0.717) is 0 Å². The molecule has 0 saturated carbocycles. The maximum Gasteiger partial charge on any atom is 0.118 e. The van der Waals surface area contributed by atoms with E-state index in [1.165, 1.54) is 11.1 Å². The zero-order chi connectivity index (χ0) is 13.7. The monoisotopic (exact) mass is 254 g/mol. The van der Waals surface area contributed by atoms with Crippen molar-refractivity contribution in [3.05, 3.63) is 65.7 Å². The molecule has 1 heteroatoms. The van der Waals surface area contributed by atoms with Crippen LogP contribution < -0.4 is 4.74 Å². The van der Waals surface area contributed by atoms with Crippen LogP contribution in [-0.2, 0) is 12.8 Å². The van der Waals surface area contributed by atoms with Crippen LogP contribution in [-0.4, -0.2) is 7.11 Å². The summed E-state index contributed by atoms with van der Waals surface area (Å²) in [5.74, 6) is 0.921. The average molecular weight is 254 g/mol. The fraction of sp³-hybridized carbons (Fsp3) is 0.333. The predicted molar refractivity (Wildman–Crippen MR) is 80.6 cm³/mol. The Morgan fingerprint density at radius 2 is 1.32 bits per heavy atom. The first-order valence-electron chi connectivity index (χ1n) is 6.76. The smallest absolute Gasteiger partial charge is 0.118 e. The summed E-state index contributed by atoms with van der Waals surface area (Å²) in [5, 5.41) is 0. The maximum absolute atomic E-state index is 5.19. The molecule has 0 N–H and O–H groups in total. The molecular weight excluding hydrogens is 232 g/mol. The summed E-state index contributed by atoms with van der Waals surface area (Å²) in [4.78, 5) is 0. The molecule has 0 aromatic heterocycles. The second kappa shape index (κ2) is 5.92. The molecule has 0 aliphatic heterocycles. The Morgan fingerprint density at radius 1 is 0.789 bits per heavy atom. The van der Waals surface area contributed by atoms with Crippen LogP contribution in [0.25, 0.3) is 0 Å². The van der Waals surface area contributed by atoms with Crippen molar-refractivity contribution >= 4 is 0 Å². The summed E-state index contributed by atoms with van der Waals surface area (Å²) < 4.78 is 5.19. The van der Waals surface area contributed by atoms with Crippen LogP contribution in [0.2, 0.25) is 0 Å². The molecule has 0 unspecified atom stereocenters. The molecule has 100 valence electrons. The highest BCUT2D eigenvalue weighted by molar-refractivity contribution is 5.28. The molecule has 0 amide bonds. The molecule has 19 heavy (non-hydrogen) atoms. The fourth-order valence-corrected chi connectivity index (χ4v) is 2.51. The maximum atomic E-state index is 5.19. The van der Waals surface area contributed by atoms with Crippen LogP contribution in [0.4, 0.5) is 0 Å². The molecule has 0 fully saturated rings. The van der Waals surface area contributed by atoms with Crippen LogP contribution >= 0.6 is 0 Å². The number of methoxy groups -OCH3 is 1. The van der Waals surface area contributed by atoms with Crippen LogP contribution in [0.5, 0.6) is 5.75 Å². The first-order valence-corrected chi connectivity index (χ1v) is 6.76. The van der Waals surface area contributed by atoms with E-state index in [1.807, 2.05) is 12.1 Å². The van der Waals surface area contributed by atoms with Gasteiger partial charge in [-0.2, -0.15) is 0 Å². The molecule has 0 aliphatic carbocycles. The Morgan fingerprint density at radius 3 is 1.84 bits per heavy atom. The third-order valence-electron chi connectivity index (χ3n) is 3.37. The molecule has 0 bridgehead atoms. The van der Waals surface area contributed by atoms with Gasteiger partial charge in [0.15, 0.2) is 0 Å².